The van der Waals surface area contributed by atoms with E-state index in [1.54, 1.807) is 12.3 Å². The number of carbonyl (C=O) groups excluding carboxylic acids is 1. The zero-order valence-electron chi connectivity index (χ0n) is 11.2. The molecule has 1 heterocycles. The van der Waals surface area contributed by atoms with Gasteiger partial charge in [0.05, 0.1) is 5.69 Å². The second-order valence-corrected chi connectivity index (χ2v) is 4.48. The van der Waals surface area contributed by atoms with Crippen LogP contribution < -0.4 is 5.32 Å². The summed E-state index contributed by atoms with van der Waals surface area (Å²) in [4.78, 5) is 11.8. The zero-order valence-corrected chi connectivity index (χ0v) is 11.2. The molecule has 0 bridgehead atoms. The monoisotopic (exact) mass is 275 g/mol. The van der Waals surface area contributed by atoms with Crippen molar-refractivity contribution in [3.63, 3.8) is 0 Å². The number of nitrogens with one attached hydrogen (secondary N) is 1. The Morgan fingerprint density at radius 2 is 1.71 bits per heavy atom. The molecule has 1 N–H and O–H groups in total. The summed E-state index contributed by atoms with van der Waals surface area (Å²) in [5.41, 5.74) is 2.98. The Morgan fingerprint density at radius 3 is 2.57 bits per heavy atom. The first-order valence-corrected chi connectivity index (χ1v) is 6.58. The highest BCUT2D eigenvalue weighted by molar-refractivity contribution is 6.53. The molecule has 21 heavy (non-hydrogen) atoms. The van der Waals surface area contributed by atoms with Gasteiger partial charge in [-0.05, 0) is 17.7 Å². The molecule has 0 fully saturated rings. The van der Waals surface area contributed by atoms with Crippen LogP contribution in [0, 0.1) is 0 Å². The summed E-state index contributed by atoms with van der Waals surface area (Å²) in [5, 5.41) is 10.7. The number of carbonyl (C=O) groups is 1. The number of benzene rings is 2. The number of amides is 1. The number of fused-ring (bicyclic) bond motifs is 1. The van der Waals surface area contributed by atoms with E-state index in [0.29, 0.717) is 5.71 Å². The second-order valence-electron chi connectivity index (χ2n) is 4.48. The maximum atomic E-state index is 11.8. The molecule has 0 saturated heterocycles. The molecule has 1 aliphatic rings. The van der Waals surface area contributed by atoms with Crippen molar-refractivity contribution in [2.75, 3.05) is 5.32 Å². The van der Waals surface area contributed by atoms with E-state index in [1.807, 2.05) is 60.7 Å². The van der Waals surface area contributed by atoms with Gasteiger partial charge >= 0.3 is 0 Å². The molecule has 0 aliphatic carbocycles. The van der Waals surface area contributed by atoms with Gasteiger partial charge in [-0.2, -0.15) is 5.10 Å². The van der Waals surface area contributed by atoms with Gasteiger partial charge in [0.1, 0.15) is 0 Å². The zero-order chi connectivity index (χ0) is 14.5. The molecule has 102 valence electrons. The third-order valence-corrected chi connectivity index (χ3v) is 3.04. The first-order valence-electron chi connectivity index (χ1n) is 6.58. The maximum absolute atomic E-state index is 11.8. The third-order valence-electron chi connectivity index (χ3n) is 3.04. The van der Waals surface area contributed by atoms with Crippen LogP contribution in [-0.2, 0) is 4.79 Å². The van der Waals surface area contributed by atoms with Crippen LogP contribution in [-0.4, -0.2) is 17.8 Å². The predicted octanol–water partition coefficient (Wildman–Crippen LogP) is 3.13. The molecule has 0 atom stereocenters. The van der Waals surface area contributed by atoms with E-state index < -0.39 is 0 Å². The van der Waals surface area contributed by atoms with E-state index in [0.717, 1.165) is 16.8 Å². The van der Waals surface area contributed by atoms with Gasteiger partial charge in [-0.1, -0.05) is 54.6 Å². The van der Waals surface area contributed by atoms with Crippen molar-refractivity contribution in [3.8, 4) is 0 Å². The van der Waals surface area contributed by atoms with Crippen molar-refractivity contribution in [2.45, 2.75) is 0 Å². The number of nitrogens with zero attached hydrogens (tertiary/aromatic N) is 2. The van der Waals surface area contributed by atoms with Crippen molar-refractivity contribution in [2.24, 2.45) is 10.2 Å². The molecule has 0 saturated carbocycles. The van der Waals surface area contributed by atoms with Gasteiger partial charge in [-0.15, -0.1) is 5.10 Å². The van der Waals surface area contributed by atoms with Gasteiger partial charge in [0.25, 0.3) is 5.91 Å². The van der Waals surface area contributed by atoms with Crippen LogP contribution in [0.4, 0.5) is 5.69 Å². The Balaban J connectivity index is 1.73. The Morgan fingerprint density at radius 1 is 0.952 bits per heavy atom. The van der Waals surface area contributed by atoms with Crippen molar-refractivity contribution in [1.29, 1.82) is 0 Å². The molecule has 0 aromatic heterocycles. The molecule has 0 unspecified atom stereocenters. The lowest BCUT2D eigenvalue weighted by Gasteiger charge is -1.93. The van der Waals surface area contributed by atoms with Crippen molar-refractivity contribution in [3.05, 3.63) is 71.8 Å². The number of rotatable bonds is 3. The molecule has 0 radical (unpaired) electrons. The molecular weight excluding hydrogens is 262 g/mol. The highest BCUT2D eigenvalue weighted by Gasteiger charge is 2.25. The van der Waals surface area contributed by atoms with Gasteiger partial charge < -0.3 is 5.32 Å². The minimum Gasteiger partial charge on any atom is -0.320 e. The Bertz CT molecular complexity index is 746. The van der Waals surface area contributed by atoms with Crippen LogP contribution in [0.3, 0.4) is 0 Å². The van der Waals surface area contributed by atoms with E-state index >= 15 is 0 Å². The predicted molar refractivity (Wildman–Crippen MR) is 85.6 cm³/mol. The van der Waals surface area contributed by atoms with Gasteiger partial charge in [0.2, 0.25) is 0 Å². The number of allylic oxidation sites excluding steroid dienone is 1. The first kappa shape index (κ1) is 13.0. The third kappa shape index (κ3) is 2.95. The van der Waals surface area contributed by atoms with Gasteiger partial charge in [0, 0.05) is 11.8 Å². The number of anilines is 1. The van der Waals surface area contributed by atoms with Crippen molar-refractivity contribution in [1.82, 2.24) is 0 Å². The van der Waals surface area contributed by atoms with Crippen molar-refractivity contribution >= 4 is 29.6 Å². The molecule has 2 aromatic carbocycles. The first-order chi connectivity index (χ1) is 10.3. The summed E-state index contributed by atoms with van der Waals surface area (Å²) in [5.74, 6) is -0.222. The lowest BCUT2D eigenvalue weighted by atomic mass is 10.1. The van der Waals surface area contributed by atoms with Crippen molar-refractivity contribution < 1.29 is 4.79 Å². The SMILES string of the molecule is O=C1Nc2ccccc2/C1=N/N=CC=Cc1ccccc1. The topological polar surface area (TPSA) is 53.8 Å². The maximum Gasteiger partial charge on any atom is 0.276 e. The summed E-state index contributed by atoms with van der Waals surface area (Å²) < 4.78 is 0. The Labute approximate surface area is 122 Å². The summed E-state index contributed by atoms with van der Waals surface area (Å²) >= 11 is 0. The van der Waals surface area contributed by atoms with E-state index in [4.69, 9.17) is 0 Å². The molecule has 4 heteroatoms. The number of para-hydroxylation sites is 1. The highest BCUT2D eigenvalue weighted by Crippen LogP contribution is 2.22. The summed E-state index contributed by atoms with van der Waals surface area (Å²) in [6.07, 6.45) is 5.28. The smallest absolute Gasteiger partial charge is 0.276 e. The standard InChI is InChI=1S/C17H13N3O/c21-17-16(14-10-4-5-11-15(14)19-17)20-18-12-6-9-13-7-2-1-3-8-13/h1-12H,(H,19,20,21). The fraction of sp³-hybridized carbons (Fsp3) is 0. The summed E-state index contributed by atoms with van der Waals surface area (Å²) in [6.45, 7) is 0. The van der Waals surface area contributed by atoms with Crippen LogP contribution in [0.1, 0.15) is 11.1 Å². The average Bonchev–Trinajstić information content (AvgIpc) is 2.84. The van der Waals surface area contributed by atoms with E-state index in [2.05, 4.69) is 15.5 Å². The second kappa shape index (κ2) is 5.96. The molecular formula is C17H13N3O. The van der Waals surface area contributed by atoms with E-state index in [9.17, 15) is 4.79 Å². The van der Waals surface area contributed by atoms with E-state index in [-0.39, 0.29) is 5.91 Å². The summed E-state index contributed by atoms with van der Waals surface area (Å²) in [6, 6.07) is 17.3. The highest BCUT2D eigenvalue weighted by atomic mass is 16.2. The largest absolute Gasteiger partial charge is 0.320 e. The van der Waals surface area contributed by atoms with Crippen LogP contribution >= 0.6 is 0 Å². The molecule has 2 aromatic rings. The molecule has 1 aliphatic heterocycles. The number of hydrogen-bond donors (Lipinski definition) is 1. The average molecular weight is 275 g/mol. The molecule has 1 amide bonds. The lowest BCUT2D eigenvalue weighted by Crippen LogP contribution is -2.13. The van der Waals surface area contributed by atoms with Gasteiger partial charge in [-0.3, -0.25) is 4.79 Å². The number of hydrogen-bond acceptors (Lipinski definition) is 3. The van der Waals surface area contributed by atoms with Gasteiger partial charge in [-0.25, -0.2) is 0 Å². The minimum absolute atomic E-state index is 0.222. The fourth-order valence-electron chi connectivity index (χ4n) is 2.05. The molecule has 4 nitrogen and oxygen atoms in total. The normalized spacial score (nSPS) is 15.8. The van der Waals surface area contributed by atoms with E-state index in [1.165, 1.54) is 0 Å². The Kier molecular flexibility index (Phi) is 3.69. The van der Waals surface area contributed by atoms with Crippen LogP contribution in [0.5, 0.6) is 0 Å². The van der Waals surface area contributed by atoms with Crippen LogP contribution in [0.15, 0.2) is 70.9 Å². The van der Waals surface area contributed by atoms with Crippen LogP contribution in [0.25, 0.3) is 6.08 Å². The fourth-order valence-corrected chi connectivity index (χ4v) is 2.05. The summed E-state index contributed by atoms with van der Waals surface area (Å²) in [7, 11) is 0. The van der Waals surface area contributed by atoms with Gasteiger partial charge in [0.15, 0.2) is 5.71 Å². The quantitative estimate of drug-likeness (QED) is 0.679. The van der Waals surface area contributed by atoms with Crippen LogP contribution in [0.2, 0.25) is 0 Å². The molecule has 3 rings (SSSR count). The Hall–Kier alpha value is -3.01. The minimum atomic E-state index is -0.222. The lowest BCUT2D eigenvalue weighted by molar-refractivity contribution is -0.110. The molecule has 0 spiro atoms.